The summed E-state index contributed by atoms with van der Waals surface area (Å²) in [6, 6.07) is 0. The van der Waals surface area contributed by atoms with Crippen molar-refractivity contribution >= 4 is 22.9 Å². The van der Waals surface area contributed by atoms with E-state index >= 15 is 0 Å². The number of ether oxygens (including phenoxy) is 1. The van der Waals surface area contributed by atoms with Gasteiger partial charge in [0.05, 0.1) is 11.6 Å². The third kappa shape index (κ3) is 2.40. The smallest absolute Gasteiger partial charge is 0.135 e. The van der Waals surface area contributed by atoms with Gasteiger partial charge in [0.15, 0.2) is 0 Å². The van der Waals surface area contributed by atoms with Gasteiger partial charge in [-0.15, -0.1) is 0 Å². The summed E-state index contributed by atoms with van der Waals surface area (Å²) in [7, 11) is 1.66. The van der Waals surface area contributed by atoms with Crippen molar-refractivity contribution in [2.24, 2.45) is 0 Å². The Kier molecular flexibility index (Phi) is 3.41. The average Bonchev–Trinajstić information content (AvgIpc) is 2.80. The zero-order valence-corrected chi connectivity index (χ0v) is 9.88. The molecule has 0 aromatic carbocycles. The maximum absolute atomic E-state index is 6.03. The van der Waals surface area contributed by atoms with E-state index in [-0.39, 0.29) is 0 Å². The molecular formula is C10H11ClN2OS. The first-order chi connectivity index (χ1) is 7.31. The summed E-state index contributed by atoms with van der Waals surface area (Å²) in [5.41, 5.74) is 1.12. The second-order valence-electron chi connectivity index (χ2n) is 3.15. The van der Waals surface area contributed by atoms with Crippen LogP contribution >= 0.6 is 22.9 Å². The number of imidazole rings is 1. The van der Waals surface area contributed by atoms with Crippen molar-refractivity contribution in [3.05, 3.63) is 39.6 Å². The predicted octanol–water partition coefficient (Wildman–Crippen LogP) is 2.79. The lowest BCUT2D eigenvalue weighted by atomic mass is 10.3. The van der Waals surface area contributed by atoms with Gasteiger partial charge in [-0.2, -0.15) is 11.3 Å². The number of methoxy groups -OCH3 is 1. The number of rotatable bonds is 4. The quantitative estimate of drug-likeness (QED) is 0.825. The minimum Gasteiger partial charge on any atom is -0.377 e. The fraction of sp³-hybridized carbons (Fsp3) is 0.300. The highest BCUT2D eigenvalue weighted by Crippen LogP contribution is 2.21. The van der Waals surface area contributed by atoms with Crippen molar-refractivity contribution in [2.75, 3.05) is 7.11 Å². The fourth-order valence-corrected chi connectivity index (χ4v) is 2.40. The van der Waals surface area contributed by atoms with Gasteiger partial charge < -0.3 is 9.30 Å². The highest BCUT2D eigenvalue weighted by Gasteiger charge is 2.06. The zero-order chi connectivity index (χ0) is 10.7. The third-order valence-corrected chi connectivity index (χ3v) is 3.38. The van der Waals surface area contributed by atoms with Crippen LogP contribution in [0.1, 0.15) is 11.4 Å². The van der Waals surface area contributed by atoms with Crippen molar-refractivity contribution in [2.45, 2.75) is 13.2 Å². The minimum atomic E-state index is 0.523. The normalized spacial score (nSPS) is 10.8. The number of thiophene rings is 1. The van der Waals surface area contributed by atoms with Crippen LogP contribution in [0.2, 0.25) is 5.02 Å². The predicted molar refractivity (Wildman–Crippen MR) is 61.4 cm³/mol. The second kappa shape index (κ2) is 4.79. The number of halogens is 1. The van der Waals surface area contributed by atoms with E-state index < -0.39 is 0 Å². The first-order valence-electron chi connectivity index (χ1n) is 4.50. The van der Waals surface area contributed by atoms with Gasteiger partial charge in [-0.1, -0.05) is 11.6 Å². The summed E-state index contributed by atoms with van der Waals surface area (Å²) in [5.74, 6) is 0.916. The fourth-order valence-electron chi connectivity index (χ4n) is 1.36. The molecule has 15 heavy (non-hydrogen) atoms. The molecule has 5 heteroatoms. The number of nitrogens with zero attached hydrogens (tertiary/aromatic N) is 2. The summed E-state index contributed by atoms with van der Waals surface area (Å²) >= 11 is 7.64. The van der Waals surface area contributed by atoms with Gasteiger partial charge in [0.25, 0.3) is 0 Å². The SMILES string of the molecule is COCc1nccn1Cc1cscc1Cl. The van der Waals surface area contributed by atoms with Crippen LogP contribution in [0.25, 0.3) is 0 Å². The van der Waals surface area contributed by atoms with Crippen LogP contribution in [0.5, 0.6) is 0 Å². The Balaban J connectivity index is 2.17. The van der Waals surface area contributed by atoms with Crippen LogP contribution in [-0.4, -0.2) is 16.7 Å². The summed E-state index contributed by atoms with van der Waals surface area (Å²) in [5, 5.41) is 4.81. The molecule has 2 rings (SSSR count). The van der Waals surface area contributed by atoms with E-state index in [0.717, 1.165) is 23.0 Å². The van der Waals surface area contributed by atoms with Crippen LogP contribution in [0.4, 0.5) is 0 Å². The molecule has 3 nitrogen and oxygen atoms in total. The number of hydrogen-bond acceptors (Lipinski definition) is 3. The van der Waals surface area contributed by atoms with Crippen molar-refractivity contribution in [3.8, 4) is 0 Å². The molecule has 0 aliphatic rings. The lowest BCUT2D eigenvalue weighted by Gasteiger charge is -2.06. The van der Waals surface area contributed by atoms with Crippen molar-refractivity contribution in [1.82, 2.24) is 9.55 Å². The molecule has 0 aliphatic carbocycles. The molecule has 0 bridgehead atoms. The summed E-state index contributed by atoms with van der Waals surface area (Å²) in [4.78, 5) is 4.21. The molecule has 0 saturated heterocycles. The lowest BCUT2D eigenvalue weighted by Crippen LogP contribution is -2.04. The number of aromatic nitrogens is 2. The zero-order valence-electron chi connectivity index (χ0n) is 8.31. The van der Waals surface area contributed by atoms with Crippen molar-refractivity contribution in [3.63, 3.8) is 0 Å². The molecule has 0 aliphatic heterocycles. The Bertz CT molecular complexity index is 438. The maximum Gasteiger partial charge on any atom is 0.135 e. The minimum absolute atomic E-state index is 0.523. The topological polar surface area (TPSA) is 27.1 Å². The Morgan fingerprint density at radius 2 is 2.40 bits per heavy atom. The third-order valence-electron chi connectivity index (χ3n) is 2.10. The first-order valence-corrected chi connectivity index (χ1v) is 5.83. The Morgan fingerprint density at radius 1 is 1.53 bits per heavy atom. The van der Waals surface area contributed by atoms with Gasteiger partial charge in [-0.05, 0) is 5.38 Å². The van der Waals surface area contributed by atoms with Gasteiger partial charge in [0.2, 0.25) is 0 Å². The molecule has 0 unspecified atom stereocenters. The molecular weight excluding hydrogens is 232 g/mol. The van der Waals surface area contributed by atoms with Gasteiger partial charge in [-0.3, -0.25) is 0 Å². The molecule has 80 valence electrons. The molecule has 0 spiro atoms. The summed E-state index contributed by atoms with van der Waals surface area (Å²) < 4.78 is 7.10. The van der Waals surface area contributed by atoms with Crippen molar-refractivity contribution < 1.29 is 4.74 Å². The molecule has 2 aromatic rings. The molecule has 0 amide bonds. The highest BCUT2D eigenvalue weighted by atomic mass is 35.5. The van der Waals surface area contributed by atoms with Crippen LogP contribution in [0.15, 0.2) is 23.2 Å². The van der Waals surface area contributed by atoms with E-state index in [0.29, 0.717) is 6.61 Å². The van der Waals surface area contributed by atoms with E-state index in [1.54, 1.807) is 24.6 Å². The standard InChI is InChI=1S/C10H11ClN2OS/c1-14-5-10-12-2-3-13(10)4-8-6-15-7-9(8)11/h2-3,6-7H,4-5H2,1H3. The van der Waals surface area contributed by atoms with Crippen LogP contribution < -0.4 is 0 Å². The molecule has 0 N–H and O–H groups in total. The summed E-state index contributed by atoms with van der Waals surface area (Å²) in [6.45, 7) is 1.27. The summed E-state index contributed by atoms with van der Waals surface area (Å²) in [6.07, 6.45) is 3.71. The van der Waals surface area contributed by atoms with E-state index in [1.165, 1.54) is 0 Å². The van der Waals surface area contributed by atoms with Crippen LogP contribution in [0.3, 0.4) is 0 Å². The van der Waals surface area contributed by atoms with Crippen LogP contribution in [0, 0.1) is 0 Å². The van der Waals surface area contributed by atoms with Crippen LogP contribution in [-0.2, 0) is 17.9 Å². The van der Waals surface area contributed by atoms with Gasteiger partial charge in [-0.25, -0.2) is 4.98 Å². The van der Waals surface area contributed by atoms with E-state index in [4.69, 9.17) is 16.3 Å². The monoisotopic (exact) mass is 242 g/mol. The molecule has 0 radical (unpaired) electrons. The highest BCUT2D eigenvalue weighted by molar-refractivity contribution is 7.08. The average molecular weight is 243 g/mol. The van der Waals surface area contributed by atoms with Gasteiger partial charge >= 0.3 is 0 Å². The molecule has 2 heterocycles. The molecule has 0 fully saturated rings. The van der Waals surface area contributed by atoms with Gasteiger partial charge in [0, 0.05) is 30.4 Å². The largest absolute Gasteiger partial charge is 0.377 e. The van der Waals surface area contributed by atoms with Gasteiger partial charge in [0.1, 0.15) is 12.4 Å². The Hall–Kier alpha value is -0.840. The first kappa shape index (κ1) is 10.7. The Labute approximate surface area is 97.3 Å². The van der Waals surface area contributed by atoms with E-state index in [2.05, 4.69) is 10.4 Å². The Morgan fingerprint density at radius 3 is 3.07 bits per heavy atom. The van der Waals surface area contributed by atoms with Crippen molar-refractivity contribution in [1.29, 1.82) is 0 Å². The molecule has 2 aromatic heterocycles. The lowest BCUT2D eigenvalue weighted by molar-refractivity contribution is 0.174. The van der Waals surface area contributed by atoms with E-state index in [1.807, 2.05) is 16.1 Å². The number of hydrogen-bond donors (Lipinski definition) is 0. The van der Waals surface area contributed by atoms with E-state index in [9.17, 15) is 0 Å². The molecule has 0 saturated carbocycles. The molecule has 0 atom stereocenters. The second-order valence-corrected chi connectivity index (χ2v) is 4.30. The maximum atomic E-state index is 6.03.